The van der Waals surface area contributed by atoms with Crippen molar-refractivity contribution in [2.45, 2.75) is 39.5 Å². The van der Waals surface area contributed by atoms with Gasteiger partial charge >= 0.3 is 0 Å². The molecule has 24 heavy (non-hydrogen) atoms. The lowest BCUT2D eigenvalue weighted by molar-refractivity contribution is 0.374. The van der Waals surface area contributed by atoms with E-state index in [4.69, 9.17) is 0 Å². The van der Waals surface area contributed by atoms with Crippen LogP contribution in [0.3, 0.4) is 0 Å². The van der Waals surface area contributed by atoms with E-state index in [1.54, 1.807) is 0 Å². The third kappa shape index (κ3) is 3.04. The average molecular weight is 321 g/mol. The Hall–Kier alpha value is -2.26. The molecule has 0 radical (unpaired) electrons. The number of rotatable bonds is 4. The third-order valence-electron chi connectivity index (χ3n) is 4.52. The summed E-state index contributed by atoms with van der Waals surface area (Å²) in [4.78, 5) is 0. The smallest absolute Gasteiger partial charge is 0.0785 e. The molecule has 0 spiro atoms. The molecule has 0 fully saturated rings. The molecule has 0 saturated heterocycles. The lowest BCUT2D eigenvalue weighted by atomic mass is 9.92. The lowest BCUT2D eigenvalue weighted by Gasteiger charge is -2.27. The molecule has 2 aromatic carbocycles. The molecule has 1 heterocycles. The first-order valence-corrected chi connectivity index (χ1v) is 8.68. The van der Waals surface area contributed by atoms with Crippen molar-refractivity contribution < 1.29 is 0 Å². The number of hydrogen-bond donors (Lipinski definition) is 1. The molecule has 0 saturated carbocycles. The fraction of sp³-hybridized carbons (Fsp3) is 0.333. The number of para-hydroxylation sites is 1. The van der Waals surface area contributed by atoms with Crippen LogP contribution in [0.4, 0.5) is 5.69 Å². The predicted octanol–water partition coefficient (Wildman–Crippen LogP) is 5.10. The Morgan fingerprint density at radius 2 is 1.38 bits per heavy atom. The molecule has 126 valence electrons. The van der Waals surface area contributed by atoms with Crippen molar-refractivity contribution in [2.75, 3.05) is 12.1 Å². The van der Waals surface area contributed by atoms with E-state index in [1.165, 1.54) is 28.1 Å². The van der Waals surface area contributed by atoms with Crippen LogP contribution < -0.4 is 10.5 Å². The highest BCUT2D eigenvalue weighted by molar-refractivity contribution is 5.73. The number of hydrazine groups is 2. The van der Waals surface area contributed by atoms with Crippen molar-refractivity contribution >= 4 is 11.4 Å². The second-order valence-corrected chi connectivity index (χ2v) is 7.00. The third-order valence-corrected chi connectivity index (χ3v) is 4.52. The molecular weight excluding hydrogens is 294 g/mol. The predicted molar refractivity (Wildman–Crippen MR) is 102 cm³/mol. The first-order valence-electron chi connectivity index (χ1n) is 8.68. The second kappa shape index (κ2) is 6.70. The van der Waals surface area contributed by atoms with Crippen molar-refractivity contribution in [3.05, 3.63) is 71.4 Å². The molecule has 0 atom stereocenters. The maximum atomic E-state index is 3.48. The molecule has 0 aromatic heterocycles. The Bertz CT molecular complexity index is 706. The van der Waals surface area contributed by atoms with E-state index in [2.05, 4.69) is 105 Å². The van der Waals surface area contributed by atoms with Gasteiger partial charge in [0.1, 0.15) is 0 Å². The molecule has 2 aromatic rings. The zero-order valence-corrected chi connectivity index (χ0v) is 15.2. The van der Waals surface area contributed by atoms with E-state index in [1.807, 2.05) is 0 Å². The van der Waals surface area contributed by atoms with Gasteiger partial charge in [0, 0.05) is 18.8 Å². The summed E-state index contributed by atoms with van der Waals surface area (Å²) in [6, 6.07) is 17.1. The summed E-state index contributed by atoms with van der Waals surface area (Å²) in [5.41, 5.74) is 9.88. The zero-order chi connectivity index (χ0) is 17.3. The Balaban J connectivity index is 2.08. The Kier molecular flexibility index (Phi) is 4.63. The van der Waals surface area contributed by atoms with E-state index in [0.717, 1.165) is 0 Å². The van der Waals surface area contributed by atoms with Crippen LogP contribution in [-0.2, 0) is 0 Å². The summed E-state index contributed by atoms with van der Waals surface area (Å²) in [7, 11) is 2.06. The van der Waals surface area contributed by atoms with Gasteiger partial charge in [0.05, 0.1) is 11.4 Å². The standard InChI is InChI=1S/C21H27N3/c1-15(2)18-12-9-13-19(16(3)4)21(18)24-14-20(23(5)22-24)17-10-7-6-8-11-17/h6-16,22H,1-5H3. The average Bonchev–Trinajstić information content (AvgIpc) is 2.96. The van der Waals surface area contributed by atoms with Crippen LogP contribution >= 0.6 is 0 Å². The van der Waals surface area contributed by atoms with Gasteiger partial charge in [-0.15, -0.1) is 5.53 Å². The van der Waals surface area contributed by atoms with E-state index in [9.17, 15) is 0 Å². The van der Waals surface area contributed by atoms with Crippen molar-refractivity contribution in [1.29, 1.82) is 0 Å². The first-order chi connectivity index (χ1) is 11.5. The van der Waals surface area contributed by atoms with Gasteiger partial charge in [-0.3, -0.25) is 10.0 Å². The van der Waals surface area contributed by atoms with E-state index < -0.39 is 0 Å². The van der Waals surface area contributed by atoms with Crippen LogP contribution in [-0.4, -0.2) is 12.1 Å². The summed E-state index contributed by atoms with van der Waals surface area (Å²) < 4.78 is 0. The largest absolute Gasteiger partial charge is 0.291 e. The Labute approximate surface area is 145 Å². The molecule has 0 bridgehead atoms. The van der Waals surface area contributed by atoms with Gasteiger partial charge in [-0.05, 0) is 23.0 Å². The Morgan fingerprint density at radius 1 is 0.792 bits per heavy atom. The van der Waals surface area contributed by atoms with Crippen molar-refractivity contribution in [3.8, 4) is 0 Å². The lowest BCUT2D eigenvalue weighted by Crippen LogP contribution is -2.38. The molecule has 3 nitrogen and oxygen atoms in total. The first kappa shape index (κ1) is 16.6. The minimum absolute atomic E-state index is 0.472. The van der Waals surface area contributed by atoms with Gasteiger partial charge in [-0.2, -0.15) is 0 Å². The fourth-order valence-corrected chi connectivity index (χ4v) is 3.23. The summed E-state index contributed by atoms with van der Waals surface area (Å²) in [5, 5.41) is 4.25. The molecular formula is C21H27N3. The van der Waals surface area contributed by atoms with E-state index in [0.29, 0.717) is 11.8 Å². The maximum absolute atomic E-state index is 3.48. The molecule has 3 rings (SSSR count). The SMILES string of the molecule is CC(C)c1cccc(C(C)C)c1N1C=C(c2ccccc2)N(C)N1. The van der Waals surface area contributed by atoms with E-state index in [-0.39, 0.29) is 0 Å². The van der Waals surface area contributed by atoms with Gasteiger partial charge in [-0.25, -0.2) is 0 Å². The summed E-state index contributed by atoms with van der Waals surface area (Å²) >= 11 is 0. The maximum Gasteiger partial charge on any atom is 0.0785 e. The monoisotopic (exact) mass is 321 g/mol. The van der Waals surface area contributed by atoms with Gasteiger partial charge in [-0.1, -0.05) is 76.2 Å². The van der Waals surface area contributed by atoms with Crippen LogP contribution in [0.25, 0.3) is 5.70 Å². The highest BCUT2D eigenvalue weighted by Gasteiger charge is 2.25. The molecule has 0 aliphatic carbocycles. The minimum Gasteiger partial charge on any atom is -0.291 e. The second-order valence-electron chi connectivity index (χ2n) is 7.00. The highest BCUT2D eigenvalue weighted by Crippen LogP contribution is 2.37. The normalized spacial score (nSPS) is 14.7. The molecule has 3 heteroatoms. The van der Waals surface area contributed by atoms with Crippen LogP contribution in [0.5, 0.6) is 0 Å². The van der Waals surface area contributed by atoms with Gasteiger partial charge < -0.3 is 0 Å². The highest BCUT2D eigenvalue weighted by atomic mass is 15.8. The van der Waals surface area contributed by atoms with Crippen molar-refractivity contribution in [3.63, 3.8) is 0 Å². The molecule has 1 aliphatic rings. The number of benzene rings is 2. The topological polar surface area (TPSA) is 18.5 Å². The summed E-state index contributed by atoms with van der Waals surface area (Å²) in [6.45, 7) is 9.02. The van der Waals surface area contributed by atoms with Gasteiger partial charge in [0.2, 0.25) is 0 Å². The van der Waals surface area contributed by atoms with Crippen LogP contribution in [0.15, 0.2) is 54.7 Å². The summed E-state index contributed by atoms with van der Waals surface area (Å²) in [6.07, 6.45) is 2.20. The van der Waals surface area contributed by atoms with Crippen LogP contribution in [0.2, 0.25) is 0 Å². The minimum atomic E-state index is 0.472. The Morgan fingerprint density at radius 3 is 1.92 bits per heavy atom. The van der Waals surface area contributed by atoms with Gasteiger partial charge in [0.25, 0.3) is 0 Å². The van der Waals surface area contributed by atoms with Crippen LogP contribution in [0, 0.1) is 0 Å². The number of nitrogens with zero attached hydrogens (tertiary/aromatic N) is 2. The van der Waals surface area contributed by atoms with Crippen molar-refractivity contribution in [2.24, 2.45) is 0 Å². The molecule has 1 aliphatic heterocycles. The summed E-state index contributed by atoms with van der Waals surface area (Å²) in [5.74, 6) is 0.944. The molecule has 0 amide bonds. The van der Waals surface area contributed by atoms with E-state index >= 15 is 0 Å². The van der Waals surface area contributed by atoms with Gasteiger partial charge in [0.15, 0.2) is 0 Å². The van der Waals surface area contributed by atoms with Crippen LogP contribution in [0.1, 0.15) is 56.2 Å². The molecule has 1 N–H and O–H groups in total. The van der Waals surface area contributed by atoms with Crippen molar-refractivity contribution in [1.82, 2.24) is 10.5 Å². The fourth-order valence-electron chi connectivity index (χ4n) is 3.23. The quantitative estimate of drug-likeness (QED) is 0.845. The zero-order valence-electron chi connectivity index (χ0n) is 15.2. The number of anilines is 1. The number of nitrogens with one attached hydrogen (secondary N) is 1. The number of hydrogen-bond acceptors (Lipinski definition) is 3. The molecule has 0 unspecified atom stereocenters.